The Bertz CT molecular complexity index is 511. The fraction of sp³-hybridized carbons (Fsp3) is 0.529. The van der Waals surface area contributed by atoms with E-state index in [2.05, 4.69) is 5.32 Å². The van der Waals surface area contributed by atoms with Crippen LogP contribution in [0.15, 0.2) is 24.3 Å². The molecule has 0 unspecified atom stereocenters. The number of benzene rings is 1. The first-order chi connectivity index (χ1) is 10.3. The molecule has 5 nitrogen and oxygen atoms in total. The number of hydrogen-bond acceptors (Lipinski definition) is 3. The van der Waals surface area contributed by atoms with E-state index in [1.165, 1.54) is 0 Å². The SMILES string of the molecule is CC(C)C[C@@H](NC(=O)Cc1cccc(OC(C)C)c1)C(=O)O. The molecule has 0 fully saturated rings. The fourth-order valence-electron chi connectivity index (χ4n) is 2.12. The Morgan fingerprint density at radius 1 is 1.23 bits per heavy atom. The van der Waals surface area contributed by atoms with Gasteiger partial charge in [0.2, 0.25) is 5.91 Å². The highest BCUT2D eigenvalue weighted by atomic mass is 16.5. The van der Waals surface area contributed by atoms with E-state index in [9.17, 15) is 9.59 Å². The molecule has 0 radical (unpaired) electrons. The summed E-state index contributed by atoms with van der Waals surface area (Å²) < 4.78 is 5.58. The summed E-state index contributed by atoms with van der Waals surface area (Å²) in [6.45, 7) is 7.72. The molecule has 0 aliphatic heterocycles. The molecule has 22 heavy (non-hydrogen) atoms. The average Bonchev–Trinajstić information content (AvgIpc) is 2.36. The van der Waals surface area contributed by atoms with Crippen molar-refractivity contribution in [3.8, 4) is 5.75 Å². The number of hydrogen-bond donors (Lipinski definition) is 2. The van der Waals surface area contributed by atoms with Crippen molar-refractivity contribution in [1.82, 2.24) is 5.32 Å². The molecule has 0 heterocycles. The predicted octanol–water partition coefficient (Wildman–Crippen LogP) is 2.63. The summed E-state index contributed by atoms with van der Waals surface area (Å²) in [4.78, 5) is 23.2. The van der Waals surface area contributed by atoms with Crippen LogP contribution in [0.2, 0.25) is 0 Å². The van der Waals surface area contributed by atoms with E-state index in [0.29, 0.717) is 12.2 Å². The normalized spacial score (nSPS) is 12.3. The van der Waals surface area contributed by atoms with Crippen molar-refractivity contribution >= 4 is 11.9 Å². The summed E-state index contributed by atoms with van der Waals surface area (Å²) in [5.74, 6) is -0.393. The van der Waals surface area contributed by atoms with Crippen LogP contribution in [0.25, 0.3) is 0 Å². The molecular weight excluding hydrogens is 282 g/mol. The molecule has 5 heteroatoms. The summed E-state index contributed by atoms with van der Waals surface area (Å²) in [5.41, 5.74) is 0.796. The molecule has 2 N–H and O–H groups in total. The summed E-state index contributed by atoms with van der Waals surface area (Å²) in [7, 11) is 0. The largest absolute Gasteiger partial charge is 0.491 e. The van der Waals surface area contributed by atoms with Crippen LogP contribution in [-0.4, -0.2) is 29.1 Å². The van der Waals surface area contributed by atoms with Gasteiger partial charge in [0.05, 0.1) is 12.5 Å². The van der Waals surface area contributed by atoms with Crippen LogP contribution < -0.4 is 10.1 Å². The zero-order valence-electron chi connectivity index (χ0n) is 13.6. The number of carbonyl (C=O) groups excluding carboxylic acids is 1. The Balaban J connectivity index is 2.65. The lowest BCUT2D eigenvalue weighted by Crippen LogP contribution is -2.42. The molecule has 0 bridgehead atoms. The van der Waals surface area contributed by atoms with Crippen molar-refractivity contribution in [3.63, 3.8) is 0 Å². The van der Waals surface area contributed by atoms with E-state index in [1.54, 1.807) is 6.07 Å². The number of carboxylic acid groups (broad SMARTS) is 1. The molecule has 0 aromatic heterocycles. The first-order valence-corrected chi connectivity index (χ1v) is 7.55. The molecule has 1 rings (SSSR count). The van der Waals surface area contributed by atoms with Gasteiger partial charge in [-0.15, -0.1) is 0 Å². The Morgan fingerprint density at radius 2 is 1.91 bits per heavy atom. The van der Waals surface area contributed by atoms with Crippen LogP contribution in [0.3, 0.4) is 0 Å². The summed E-state index contributed by atoms with van der Waals surface area (Å²) in [6, 6.07) is 6.44. The van der Waals surface area contributed by atoms with E-state index < -0.39 is 12.0 Å². The number of carbonyl (C=O) groups is 2. The van der Waals surface area contributed by atoms with Gasteiger partial charge in [-0.25, -0.2) is 4.79 Å². The zero-order valence-corrected chi connectivity index (χ0v) is 13.6. The number of nitrogens with one attached hydrogen (secondary N) is 1. The zero-order chi connectivity index (χ0) is 16.7. The monoisotopic (exact) mass is 307 g/mol. The Labute approximate surface area is 131 Å². The van der Waals surface area contributed by atoms with E-state index in [0.717, 1.165) is 5.56 Å². The fourth-order valence-corrected chi connectivity index (χ4v) is 2.12. The minimum atomic E-state index is -1.00. The maximum Gasteiger partial charge on any atom is 0.326 e. The molecule has 0 aliphatic carbocycles. The number of aliphatic carboxylic acids is 1. The van der Waals surface area contributed by atoms with Crippen molar-refractivity contribution < 1.29 is 19.4 Å². The van der Waals surface area contributed by atoms with Crippen molar-refractivity contribution in [2.24, 2.45) is 5.92 Å². The van der Waals surface area contributed by atoms with Crippen LogP contribution in [0.4, 0.5) is 0 Å². The number of ether oxygens (including phenoxy) is 1. The van der Waals surface area contributed by atoms with E-state index >= 15 is 0 Å². The van der Waals surface area contributed by atoms with Gasteiger partial charge < -0.3 is 15.2 Å². The molecule has 1 aromatic rings. The molecule has 122 valence electrons. The summed E-state index contributed by atoms with van der Waals surface area (Å²) >= 11 is 0. The van der Waals surface area contributed by atoms with E-state index in [4.69, 9.17) is 9.84 Å². The summed E-state index contributed by atoms with van der Waals surface area (Å²) in [5, 5.41) is 11.7. The van der Waals surface area contributed by atoms with Gasteiger partial charge in [-0.2, -0.15) is 0 Å². The van der Waals surface area contributed by atoms with Crippen LogP contribution in [0, 0.1) is 5.92 Å². The van der Waals surface area contributed by atoms with Gasteiger partial charge in [0.15, 0.2) is 0 Å². The quantitative estimate of drug-likeness (QED) is 0.774. The lowest BCUT2D eigenvalue weighted by molar-refractivity contribution is -0.142. The second-order valence-electron chi connectivity index (χ2n) is 6.08. The minimum Gasteiger partial charge on any atom is -0.491 e. The maximum absolute atomic E-state index is 12.0. The topological polar surface area (TPSA) is 75.6 Å². The highest BCUT2D eigenvalue weighted by Crippen LogP contribution is 2.15. The molecule has 0 saturated heterocycles. The maximum atomic E-state index is 12.0. The highest BCUT2D eigenvalue weighted by molar-refractivity contribution is 5.84. The van der Waals surface area contributed by atoms with Gasteiger partial charge in [0.1, 0.15) is 11.8 Å². The average molecular weight is 307 g/mol. The van der Waals surface area contributed by atoms with Gasteiger partial charge in [-0.3, -0.25) is 4.79 Å². The smallest absolute Gasteiger partial charge is 0.326 e. The van der Waals surface area contributed by atoms with Gasteiger partial charge in [-0.05, 0) is 43.9 Å². The lowest BCUT2D eigenvalue weighted by Gasteiger charge is -2.16. The Morgan fingerprint density at radius 3 is 2.45 bits per heavy atom. The van der Waals surface area contributed by atoms with Crippen LogP contribution in [0.1, 0.15) is 39.7 Å². The second kappa shape index (κ2) is 8.41. The predicted molar refractivity (Wildman–Crippen MR) is 84.9 cm³/mol. The molecular formula is C17H25NO4. The Hall–Kier alpha value is -2.04. The van der Waals surface area contributed by atoms with Crippen LogP contribution >= 0.6 is 0 Å². The van der Waals surface area contributed by atoms with Crippen LogP contribution in [-0.2, 0) is 16.0 Å². The molecule has 0 aliphatic rings. The highest BCUT2D eigenvalue weighted by Gasteiger charge is 2.21. The van der Waals surface area contributed by atoms with Gasteiger partial charge >= 0.3 is 5.97 Å². The minimum absolute atomic E-state index is 0.0616. The number of rotatable bonds is 8. The third kappa shape index (κ3) is 6.61. The van der Waals surface area contributed by atoms with Gasteiger partial charge in [0, 0.05) is 0 Å². The number of carboxylic acids is 1. The lowest BCUT2D eigenvalue weighted by atomic mass is 10.0. The van der Waals surface area contributed by atoms with E-state index in [-0.39, 0.29) is 24.3 Å². The molecule has 1 atom stereocenters. The summed E-state index contributed by atoms with van der Waals surface area (Å²) in [6.07, 6.45) is 0.612. The van der Waals surface area contributed by atoms with Crippen molar-refractivity contribution in [1.29, 1.82) is 0 Å². The molecule has 1 aromatic carbocycles. The first-order valence-electron chi connectivity index (χ1n) is 7.55. The van der Waals surface area contributed by atoms with Crippen molar-refractivity contribution in [2.45, 2.75) is 52.7 Å². The first kappa shape index (κ1) is 18.0. The molecule has 0 saturated carbocycles. The third-order valence-electron chi connectivity index (χ3n) is 2.98. The third-order valence-corrected chi connectivity index (χ3v) is 2.98. The molecule has 0 spiro atoms. The second-order valence-corrected chi connectivity index (χ2v) is 6.08. The number of amides is 1. The van der Waals surface area contributed by atoms with Crippen LogP contribution in [0.5, 0.6) is 5.75 Å². The van der Waals surface area contributed by atoms with Gasteiger partial charge in [0.25, 0.3) is 0 Å². The standard InChI is InChI=1S/C17H25NO4/c1-11(2)8-15(17(20)21)18-16(19)10-13-6-5-7-14(9-13)22-12(3)4/h5-7,9,11-12,15H,8,10H2,1-4H3,(H,18,19)(H,20,21)/t15-/m1/s1. The van der Waals surface area contributed by atoms with Gasteiger partial charge in [-0.1, -0.05) is 26.0 Å². The van der Waals surface area contributed by atoms with Crippen molar-refractivity contribution in [3.05, 3.63) is 29.8 Å². The van der Waals surface area contributed by atoms with Crippen molar-refractivity contribution in [2.75, 3.05) is 0 Å². The Kier molecular flexibility index (Phi) is 6.89. The molecule has 1 amide bonds. The van der Waals surface area contributed by atoms with E-state index in [1.807, 2.05) is 45.9 Å².